The third-order valence-corrected chi connectivity index (χ3v) is 5.26. The van der Waals surface area contributed by atoms with E-state index in [4.69, 9.17) is 11.1 Å². The Kier molecular flexibility index (Phi) is 4.76. The average Bonchev–Trinajstić information content (AvgIpc) is 3.10. The number of nitrogens with one attached hydrogen (secondary N) is 1. The average molecular weight is 389 g/mol. The lowest BCUT2D eigenvalue weighted by Gasteiger charge is -2.22. The molecule has 0 saturated heterocycles. The minimum Gasteiger partial charge on any atom is -0.478 e. The van der Waals surface area contributed by atoms with Gasteiger partial charge in [0.05, 0.1) is 5.56 Å². The fourth-order valence-corrected chi connectivity index (χ4v) is 3.86. The molecule has 0 atom stereocenters. The van der Waals surface area contributed by atoms with Gasteiger partial charge in [0, 0.05) is 24.3 Å². The number of nitrogens with two attached hydrogens (primary N) is 1. The Morgan fingerprint density at radius 2 is 1.90 bits per heavy atom. The van der Waals surface area contributed by atoms with Crippen LogP contribution in [0.1, 0.15) is 27.0 Å². The zero-order valence-corrected chi connectivity index (χ0v) is 15.7. The van der Waals surface area contributed by atoms with E-state index in [2.05, 4.69) is 4.90 Å². The highest BCUT2D eigenvalue weighted by molar-refractivity contribution is 5.97. The Labute approximate surface area is 167 Å². The number of nitrogen functional groups attached to an aromatic ring is 1. The van der Waals surface area contributed by atoms with E-state index in [-0.39, 0.29) is 11.4 Å². The van der Waals surface area contributed by atoms with Crippen LogP contribution in [-0.2, 0) is 13.0 Å². The number of rotatable bonds is 5. The third kappa shape index (κ3) is 3.57. The summed E-state index contributed by atoms with van der Waals surface area (Å²) in [5, 5.41) is 17.1. The Bertz CT molecular complexity index is 1130. The summed E-state index contributed by atoms with van der Waals surface area (Å²) in [6.45, 7) is 1.42. The monoisotopic (exact) mass is 389 g/mol. The number of fused-ring (bicyclic) bond motifs is 1. The molecule has 0 aromatic heterocycles. The van der Waals surface area contributed by atoms with E-state index < -0.39 is 11.8 Å². The highest BCUT2D eigenvalue weighted by Crippen LogP contribution is 2.33. The first-order valence-corrected chi connectivity index (χ1v) is 9.27. The van der Waals surface area contributed by atoms with Crippen LogP contribution in [0.25, 0.3) is 11.1 Å². The predicted molar refractivity (Wildman–Crippen MR) is 111 cm³/mol. The van der Waals surface area contributed by atoms with Crippen molar-refractivity contribution in [3.63, 3.8) is 0 Å². The largest absolute Gasteiger partial charge is 0.478 e. The van der Waals surface area contributed by atoms with Gasteiger partial charge in [-0.05, 0) is 59.0 Å². The molecule has 0 spiro atoms. The highest BCUT2D eigenvalue weighted by atomic mass is 19.1. The number of anilines is 1. The van der Waals surface area contributed by atoms with Gasteiger partial charge in [-0.25, -0.2) is 9.18 Å². The number of hydrogen-bond donors (Lipinski definition) is 3. The Morgan fingerprint density at radius 3 is 2.66 bits per heavy atom. The van der Waals surface area contributed by atoms with Crippen molar-refractivity contribution in [2.45, 2.75) is 13.0 Å². The molecule has 29 heavy (non-hydrogen) atoms. The SMILES string of the molecule is N=C(N)c1ccc2c(c1)CCN2Cc1ccccc1-c1ccc(F)cc1C(=O)O. The first-order chi connectivity index (χ1) is 13.9. The minimum atomic E-state index is -1.16. The summed E-state index contributed by atoms with van der Waals surface area (Å²) in [6, 6.07) is 17.2. The second kappa shape index (κ2) is 7.39. The van der Waals surface area contributed by atoms with Crippen molar-refractivity contribution in [3.8, 4) is 11.1 Å². The second-order valence-electron chi connectivity index (χ2n) is 7.08. The molecule has 6 heteroatoms. The number of carboxylic acid groups (broad SMARTS) is 1. The molecule has 0 unspecified atom stereocenters. The highest BCUT2D eigenvalue weighted by Gasteiger charge is 2.22. The molecule has 146 valence electrons. The van der Waals surface area contributed by atoms with Gasteiger partial charge in [-0.15, -0.1) is 0 Å². The molecule has 0 aliphatic carbocycles. The summed E-state index contributed by atoms with van der Waals surface area (Å²) in [6.07, 6.45) is 0.857. The molecule has 1 aliphatic heterocycles. The van der Waals surface area contributed by atoms with Crippen molar-refractivity contribution < 1.29 is 14.3 Å². The Hall–Kier alpha value is -3.67. The lowest BCUT2D eigenvalue weighted by atomic mass is 9.95. The topological polar surface area (TPSA) is 90.4 Å². The smallest absolute Gasteiger partial charge is 0.336 e. The fraction of sp³-hybridized carbons (Fsp3) is 0.130. The van der Waals surface area contributed by atoms with Gasteiger partial charge in [-0.2, -0.15) is 0 Å². The van der Waals surface area contributed by atoms with Gasteiger partial charge in [0.25, 0.3) is 0 Å². The van der Waals surface area contributed by atoms with Crippen LogP contribution in [0.3, 0.4) is 0 Å². The maximum absolute atomic E-state index is 13.6. The van der Waals surface area contributed by atoms with Gasteiger partial charge in [0.2, 0.25) is 0 Å². The summed E-state index contributed by atoms with van der Waals surface area (Å²) < 4.78 is 13.6. The van der Waals surface area contributed by atoms with Gasteiger partial charge >= 0.3 is 5.97 Å². The van der Waals surface area contributed by atoms with E-state index in [0.29, 0.717) is 17.7 Å². The van der Waals surface area contributed by atoms with Crippen LogP contribution >= 0.6 is 0 Å². The van der Waals surface area contributed by atoms with E-state index in [1.54, 1.807) is 0 Å². The third-order valence-electron chi connectivity index (χ3n) is 5.26. The minimum absolute atomic E-state index is 0.0501. The van der Waals surface area contributed by atoms with Crippen LogP contribution in [0, 0.1) is 11.2 Å². The zero-order valence-electron chi connectivity index (χ0n) is 15.7. The van der Waals surface area contributed by atoms with E-state index in [1.165, 1.54) is 12.1 Å². The number of carboxylic acids is 1. The number of hydrogen-bond acceptors (Lipinski definition) is 3. The maximum Gasteiger partial charge on any atom is 0.336 e. The molecule has 1 aliphatic rings. The summed E-state index contributed by atoms with van der Waals surface area (Å²) in [5.41, 5.74) is 10.7. The van der Waals surface area contributed by atoms with Gasteiger partial charge in [-0.1, -0.05) is 30.3 Å². The molecule has 3 aromatic carbocycles. The van der Waals surface area contributed by atoms with Crippen molar-refractivity contribution in [2.75, 3.05) is 11.4 Å². The van der Waals surface area contributed by atoms with E-state index in [9.17, 15) is 14.3 Å². The van der Waals surface area contributed by atoms with Crippen LogP contribution < -0.4 is 10.6 Å². The summed E-state index contributed by atoms with van der Waals surface area (Å²) >= 11 is 0. The van der Waals surface area contributed by atoms with Crippen molar-refractivity contribution in [1.29, 1.82) is 5.41 Å². The van der Waals surface area contributed by atoms with Crippen LogP contribution in [-0.4, -0.2) is 23.5 Å². The van der Waals surface area contributed by atoms with E-state index in [0.717, 1.165) is 41.4 Å². The molecular formula is C23H20FN3O2. The quantitative estimate of drug-likeness (QED) is 0.454. The van der Waals surface area contributed by atoms with Crippen molar-refractivity contribution in [2.24, 2.45) is 5.73 Å². The molecule has 5 nitrogen and oxygen atoms in total. The lowest BCUT2D eigenvalue weighted by Crippen LogP contribution is -2.20. The Morgan fingerprint density at radius 1 is 1.10 bits per heavy atom. The number of benzene rings is 3. The molecule has 3 aromatic rings. The first kappa shape index (κ1) is 18.7. The first-order valence-electron chi connectivity index (χ1n) is 9.27. The molecule has 0 saturated carbocycles. The molecule has 4 N–H and O–H groups in total. The number of amidine groups is 1. The van der Waals surface area contributed by atoms with Crippen molar-refractivity contribution >= 4 is 17.5 Å². The molecule has 0 amide bonds. The van der Waals surface area contributed by atoms with Crippen LogP contribution in [0.2, 0.25) is 0 Å². The molecule has 0 radical (unpaired) electrons. The predicted octanol–water partition coefficient (Wildman–Crippen LogP) is 4.04. The van der Waals surface area contributed by atoms with Gasteiger partial charge in [0.15, 0.2) is 0 Å². The number of carbonyl (C=O) groups is 1. The molecule has 0 fully saturated rings. The van der Waals surface area contributed by atoms with Crippen molar-refractivity contribution in [1.82, 2.24) is 0 Å². The summed E-state index contributed by atoms with van der Waals surface area (Å²) in [4.78, 5) is 13.9. The summed E-state index contributed by atoms with van der Waals surface area (Å²) in [5.74, 6) is -1.68. The van der Waals surface area contributed by atoms with E-state index >= 15 is 0 Å². The molecule has 0 bridgehead atoms. The number of halogens is 1. The van der Waals surface area contributed by atoms with Crippen LogP contribution in [0.5, 0.6) is 0 Å². The normalized spacial score (nSPS) is 12.7. The standard InChI is InChI=1S/C23H20FN3O2/c24-17-6-7-19(20(12-17)23(28)29)18-4-2-1-3-16(18)13-27-10-9-14-11-15(22(25)26)5-8-21(14)27/h1-8,11-12H,9-10,13H2,(H3,25,26)(H,28,29). The van der Waals surface area contributed by atoms with Gasteiger partial charge < -0.3 is 15.7 Å². The van der Waals surface area contributed by atoms with Crippen LogP contribution in [0.15, 0.2) is 60.7 Å². The fourth-order valence-electron chi connectivity index (χ4n) is 3.86. The number of nitrogens with zero attached hydrogens (tertiary/aromatic N) is 1. The van der Waals surface area contributed by atoms with Gasteiger partial charge in [-0.3, -0.25) is 5.41 Å². The lowest BCUT2D eigenvalue weighted by molar-refractivity contribution is 0.0697. The van der Waals surface area contributed by atoms with Crippen LogP contribution in [0.4, 0.5) is 10.1 Å². The second-order valence-corrected chi connectivity index (χ2v) is 7.08. The zero-order chi connectivity index (χ0) is 20.5. The summed E-state index contributed by atoms with van der Waals surface area (Å²) in [7, 11) is 0. The van der Waals surface area contributed by atoms with Gasteiger partial charge in [0.1, 0.15) is 11.7 Å². The van der Waals surface area contributed by atoms with E-state index in [1.807, 2.05) is 42.5 Å². The number of aromatic carboxylic acids is 1. The Balaban J connectivity index is 1.71. The van der Waals surface area contributed by atoms with Crippen molar-refractivity contribution in [3.05, 3.63) is 88.7 Å². The maximum atomic E-state index is 13.6. The molecule has 1 heterocycles. The molecule has 4 rings (SSSR count). The molecular weight excluding hydrogens is 369 g/mol.